The van der Waals surface area contributed by atoms with E-state index in [4.69, 9.17) is 9.73 Å². The number of amides is 1. The first-order valence-electron chi connectivity index (χ1n) is 11.7. The van der Waals surface area contributed by atoms with E-state index in [0.29, 0.717) is 31.3 Å². The molecule has 3 aliphatic rings. The Morgan fingerprint density at radius 1 is 1.26 bits per heavy atom. The molecule has 2 aliphatic heterocycles. The smallest absolute Gasteiger partial charge is 0.245 e. The van der Waals surface area contributed by atoms with Gasteiger partial charge in [0.2, 0.25) is 5.91 Å². The first kappa shape index (κ1) is 24.3. The summed E-state index contributed by atoms with van der Waals surface area (Å²) in [5, 5.41) is 8.26. The summed E-state index contributed by atoms with van der Waals surface area (Å²) >= 11 is 0. The predicted octanol–water partition coefficient (Wildman–Crippen LogP) is 0.791. The van der Waals surface area contributed by atoms with Crippen molar-refractivity contribution in [2.75, 3.05) is 20.3 Å². The topological polar surface area (TPSA) is 102 Å². The van der Waals surface area contributed by atoms with Crippen LogP contribution >= 0.6 is 0 Å². The molecule has 31 heavy (non-hydrogen) atoms. The van der Waals surface area contributed by atoms with E-state index in [1.165, 1.54) is 0 Å². The average molecular weight is 442 g/mol. The normalized spacial score (nSPS) is 35.8. The summed E-state index contributed by atoms with van der Waals surface area (Å²) < 4.78 is 18.7. The molecule has 5 N–H and O–H groups in total. The van der Waals surface area contributed by atoms with Crippen LogP contribution in [0.15, 0.2) is 4.99 Å². The maximum Gasteiger partial charge on any atom is 0.245 e. The molecule has 1 aliphatic carbocycles. The highest BCUT2D eigenvalue weighted by atomic mass is 19.1. The van der Waals surface area contributed by atoms with Crippen molar-refractivity contribution >= 4 is 11.9 Å². The number of hydrogen-bond donors (Lipinski definition) is 5. The molecule has 0 aromatic carbocycles. The zero-order valence-corrected chi connectivity index (χ0v) is 19.3. The fraction of sp³-hybridized carbons (Fsp3) is 0.905. The molecule has 2 saturated heterocycles. The summed E-state index contributed by atoms with van der Waals surface area (Å²) in [5.41, 5.74) is 9.92. The van der Waals surface area contributed by atoms with Gasteiger partial charge in [-0.3, -0.25) is 21.0 Å². The third-order valence-electron chi connectivity index (χ3n) is 6.49. The van der Waals surface area contributed by atoms with Gasteiger partial charge in [-0.1, -0.05) is 6.92 Å². The number of hydrazine groups is 2. The molecular formula is C21H40FN7O2. The Labute approximate surface area is 185 Å². The minimum Gasteiger partial charge on any atom is -0.383 e. The molecule has 0 aromatic rings. The van der Waals surface area contributed by atoms with Crippen LogP contribution in [-0.2, 0) is 9.53 Å². The van der Waals surface area contributed by atoms with Crippen LogP contribution in [0, 0.1) is 5.92 Å². The van der Waals surface area contributed by atoms with E-state index < -0.39 is 6.17 Å². The number of hydrogen-bond acceptors (Lipinski definition) is 7. The van der Waals surface area contributed by atoms with Gasteiger partial charge in [-0.15, -0.1) is 0 Å². The Balaban J connectivity index is 1.62. The van der Waals surface area contributed by atoms with Gasteiger partial charge in [0, 0.05) is 38.2 Å². The minimum absolute atomic E-state index is 0.00283. The van der Waals surface area contributed by atoms with Crippen LogP contribution in [0.25, 0.3) is 0 Å². The van der Waals surface area contributed by atoms with Crippen LogP contribution in [0.4, 0.5) is 4.39 Å². The van der Waals surface area contributed by atoms with Crippen LogP contribution in [-0.4, -0.2) is 73.6 Å². The number of carbonyl (C=O) groups excluding carboxylic acids is 1. The monoisotopic (exact) mass is 441 g/mol. The maximum atomic E-state index is 13.5. The van der Waals surface area contributed by atoms with Gasteiger partial charge < -0.3 is 10.1 Å². The molecule has 1 amide bonds. The van der Waals surface area contributed by atoms with Crippen molar-refractivity contribution < 1.29 is 13.9 Å². The summed E-state index contributed by atoms with van der Waals surface area (Å²) in [5.74, 6) is 0.846. The summed E-state index contributed by atoms with van der Waals surface area (Å²) in [4.78, 5) is 17.8. The molecule has 3 fully saturated rings. The molecule has 0 radical (unpaired) electrons. The lowest BCUT2D eigenvalue weighted by Crippen LogP contribution is -2.53. The highest BCUT2D eigenvalue weighted by Gasteiger charge is 2.35. The lowest BCUT2D eigenvalue weighted by molar-refractivity contribution is -0.124. The van der Waals surface area contributed by atoms with Crippen molar-refractivity contribution in [3.05, 3.63) is 0 Å². The van der Waals surface area contributed by atoms with Crippen LogP contribution in [0.1, 0.15) is 59.3 Å². The Morgan fingerprint density at radius 3 is 2.68 bits per heavy atom. The van der Waals surface area contributed by atoms with Gasteiger partial charge in [0.1, 0.15) is 18.4 Å². The maximum absolute atomic E-state index is 13.5. The Morgan fingerprint density at radius 2 is 2.00 bits per heavy atom. The van der Waals surface area contributed by atoms with Crippen LogP contribution in [0.3, 0.4) is 0 Å². The highest BCUT2D eigenvalue weighted by Crippen LogP contribution is 2.31. The minimum atomic E-state index is -0.650. The van der Waals surface area contributed by atoms with E-state index in [-0.39, 0.29) is 36.2 Å². The van der Waals surface area contributed by atoms with E-state index >= 15 is 0 Å². The number of ether oxygens (including phenoxy) is 1. The van der Waals surface area contributed by atoms with Gasteiger partial charge in [0.15, 0.2) is 5.96 Å². The summed E-state index contributed by atoms with van der Waals surface area (Å²) in [6, 6.07) is 0.294. The summed E-state index contributed by atoms with van der Waals surface area (Å²) in [7, 11) is 1.65. The molecule has 5 atom stereocenters. The lowest BCUT2D eigenvalue weighted by atomic mass is 9.82. The summed E-state index contributed by atoms with van der Waals surface area (Å²) in [6.45, 7) is 7.35. The molecule has 178 valence electrons. The molecule has 0 bridgehead atoms. The Hall–Kier alpha value is -1.33. The van der Waals surface area contributed by atoms with Crippen molar-refractivity contribution in [1.82, 2.24) is 31.9 Å². The molecule has 1 saturated carbocycles. The molecule has 4 unspecified atom stereocenters. The van der Waals surface area contributed by atoms with Crippen molar-refractivity contribution in [3.63, 3.8) is 0 Å². The van der Waals surface area contributed by atoms with Crippen molar-refractivity contribution in [2.24, 2.45) is 10.9 Å². The fourth-order valence-electron chi connectivity index (χ4n) is 4.87. The number of alkyl halides is 1. The second-order valence-corrected chi connectivity index (χ2v) is 9.19. The Bertz CT molecular complexity index is 615. The molecule has 2 heterocycles. The van der Waals surface area contributed by atoms with Gasteiger partial charge in [-0.2, -0.15) is 0 Å². The third kappa shape index (κ3) is 6.82. The van der Waals surface area contributed by atoms with E-state index in [1.54, 1.807) is 7.11 Å². The molecule has 0 spiro atoms. The molecular weight excluding hydrogens is 401 g/mol. The molecule has 3 rings (SSSR count). The molecule has 9 nitrogen and oxygen atoms in total. The second kappa shape index (κ2) is 11.5. The van der Waals surface area contributed by atoms with Crippen molar-refractivity contribution in [2.45, 2.75) is 95.8 Å². The predicted molar refractivity (Wildman–Crippen MR) is 119 cm³/mol. The fourth-order valence-corrected chi connectivity index (χ4v) is 4.87. The quantitative estimate of drug-likeness (QED) is 0.294. The van der Waals surface area contributed by atoms with Crippen molar-refractivity contribution in [1.29, 1.82) is 0 Å². The highest BCUT2D eigenvalue weighted by molar-refractivity contribution is 5.99. The number of guanidine groups is 1. The van der Waals surface area contributed by atoms with Gasteiger partial charge in [0.05, 0.1) is 6.61 Å². The number of methoxy groups -OCH3 is 1. The van der Waals surface area contributed by atoms with Crippen LogP contribution < -0.4 is 26.9 Å². The lowest BCUT2D eigenvalue weighted by Gasteiger charge is -2.28. The van der Waals surface area contributed by atoms with E-state index in [1.807, 2.05) is 18.9 Å². The first-order chi connectivity index (χ1) is 14.9. The number of likely N-dealkylation sites (N-methyl/N-ethyl adjacent to an activating group) is 1. The Kier molecular flexibility index (Phi) is 9.03. The van der Waals surface area contributed by atoms with Crippen molar-refractivity contribution in [3.8, 4) is 0 Å². The third-order valence-corrected chi connectivity index (χ3v) is 6.49. The standard InChI is InChI=1S/C21H40FN7O2/c1-5-29-18(10-13(2)28-29)20(30)25-21(23-14(3)12-31-4)24-19-11-17(26-27-19)15-6-8-16(22)9-7-15/h13-19,26-28H,5-12H2,1-4H3,(H2,23,24,25,30)/t13?,14-,15?,16?,17?,18?,19?/m0/s1. The SMILES string of the molecule is CCN1NC(C)CC1C(=O)N/C(=N\C1CC(C2CCC(F)CC2)NN1)N[C@@H](C)COC. The number of rotatable bonds is 7. The largest absolute Gasteiger partial charge is 0.383 e. The van der Waals surface area contributed by atoms with Crippen LogP contribution in [0.5, 0.6) is 0 Å². The average Bonchev–Trinajstić information content (AvgIpc) is 3.35. The van der Waals surface area contributed by atoms with Gasteiger partial charge in [-0.05, 0) is 51.9 Å². The molecule has 0 aromatic heterocycles. The zero-order chi connectivity index (χ0) is 22.4. The van der Waals surface area contributed by atoms with E-state index in [9.17, 15) is 9.18 Å². The number of nitrogens with one attached hydrogen (secondary N) is 5. The number of carbonyl (C=O) groups is 1. The first-order valence-corrected chi connectivity index (χ1v) is 11.7. The van der Waals surface area contributed by atoms with Gasteiger partial charge >= 0.3 is 0 Å². The second-order valence-electron chi connectivity index (χ2n) is 9.19. The summed E-state index contributed by atoms with van der Waals surface area (Å²) in [6.07, 6.45) is 3.86. The van der Waals surface area contributed by atoms with Crippen LogP contribution in [0.2, 0.25) is 0 Å². The number of nitrogens with zero attached hydrogens (tertiary/aromatic N) is 2. The van der Waals surface area contributed by atoms with E-state index in [0.717, 1.165) is 32.2 Å². The van der Waals surface area contributed by atoms with Gasteiger partial charge in [-0.25, -0.2) is 19.8 Å². The zero-order valence-electron chi connectivity index (χ0n) is 19.3. The van der Waals surface area contributed by atoms with Gasteiger partial charge in [0.25, 0.3) is 0 Å². The van der Waals surface area contributed by atoms with E-state index in [2.05, 4.69) is 33.8 Å². The number of halogens is 1. The molecule has 10 heteroatoms. The number of aliphatic imine (C=N–C) groups is 1.